The SMILES string of the molecule is Cc1cccc(C2=NOC(c3cc(C(F)(F)F)cc(C(F)(F)F)c3)N2Cc2cnccc2-c2ccccc2F)c1. The molecule has 1 aliphatic rings. The standard InChI is InChI=1S/C29H20F7N3O/c1-17-5-4-6-18(11-17)26-38-40-27(19-12-21(28(31,32)33)14-22(13-19)29(34,35)36)39(26)16-20-15-37-10-9-23(20)24-7-2-3-8-25(24)30/h2-15,27H,16H2,1H3. The van der Waals surface area contributed by atoms with Crippen molar-refractivity contribution in [2.45, 2.75) is 32.0 Å². The number of pyridine rings is 1. The van der Waals surface area contributed by atoms with Gasteiger partial charge in [0, 0.05) is 29.1 Å². The number of aromatic nitrogens is 1. The van der Waals surface area contributed by atoms with Crippen molar-refractivity contribution >= 4 is 5.84 Å². The highest BCUT2D eigenvalue weighted by molar-refractivity contribution is 5.99. The van der Waals surface area contributed by atoms with E-state index in [0.717, 1.165) is 5.56 Å². The number of hydrogen-bond donors (Lipinski definition) is 0. The number of benzene rings is 3. The highest BCUT2D eigenvalue weighted by Gasteiger charge is 2.40. The zero-order valence-electron chi connectivity index (χ0n) is 20.8. The minimum absolute atomic E-state index is 0.0581. The van der Waals surface area contributed by atoms with Crippen LogP contribution in [0.4, 0.5) is 30.7 Å². The number of oxime groups is 1. The lowest BCUT2D eigenvalue weighted by Crippen LogP contribution is -2.31. The highest BCUT2D eigenvalue weighted by Crippen LogP contribution is 2.41. The van der Waals surface area contributed by atoms with Gasteiger partial charge in [0.2, 0.25) is 6.23 Å². The first kappa shape index (κ1) is 27.2. The molecule has 0 spiro atoms. The summed E-state index contributed by atoms with van der Waals surface area (Å²) in [5.74, 6) is -0.326. The maximum absolute atomic E-state index is 14.7. The van der Waals surface area contributed by atoms with E-state index < -0.39 is 41.1 Å². The van der Waals surface area contributed by atoms with Crippen molar-refractivity contribution in [1.29, 1.82) is 0 Å². The number of hydrogen-bond acceptors (Lipinski definition) is 4. The Morgan fingerprint density at radius 3 is 2.17 bits per heavy atom. The molecule has 206 valence electrons. The number of rotatable bonds is 5. The van der Waals surface area contributed by atoms with Gasteiger partial charge in [-0.15, -0.1) is 0 Å². The molecule has 5 rings (SSSR count). The zero-order chi connectivity index (χ0) is 28.7. The summed E-state index contributed by atoms with van der Waals surface area (Å²) in [5.41, 5.74) is -0.823. The Morgan fingerprint density at radius 1 is 0.825 bits per heavy atom. The molecule has 0 saturated carbocycles. The molecule has 4 aromatic rings. The quantitative estimate of drug-likeness (QED) is 0.232. The average Bonchev–Trinajstić information content (AvgIpc) is 3.32. The summed E-state index contributed by atoms with van der Waals surface area (Å²) in [6.07, 6.45) is -8.62. The Morgan fingerprint density at radius 2 is 1.52 bits per heavy atom. The summed E-state index contributed by atoms with van der Waals surface area (Å²) in [6.45, 7) is 1.70. The van der Waals surface area contributed by atoms with E-state index in [1.807, 2.05) is 13.0 Å². The molecule has 0 amide bonds. The molecular weight excluding hydrogens is 539 g/mol. The maximum atomic E-state index is 14.7. The van der Waals surface area contributed by atoms with Crippen molar-refractivity contribution in [3.63, 3.8) is 0 Å². The largest absolute Gasteiger partial charge is 0.416 e. The molecule has 0 N–H and O–H groups in total. The third-order valence-corrected chi connectivity index (χ3v) is 6.37. The normalized spacial score (nSPS) is 15.7. The first-order chi connectivity index (χ1) is 18.9. The monoisotopic (exact) mass is 559 g/mol. The number of aryl methyl sites for hydroxylation is 1. The molecule has 4 nitrogen and oxygen atoms in total. The summed E-state index contributed by atoms with van der Waals surface area (Å²) in [6, 6.07) is 15.9. The minimum atomic E-state index is -5.04. The lowest BCUT2D eigenvalue weighted by Gasteiger charge is -2.27. The first-order valence-electron chi connectivity index (χ1n) is 12.0. The Bertz CT molecular complexity index is 1550. The summed E-state index contributed by atoms with van der Waals surface area (Å²) < 4.78 is 96.5. The van der Waals surface area contributed by atoms with Crippen molar-refractivity contribution in [1.82, 2.24) is 9.88 Å². The molecule has 2 heterocycles. The minimum Gasteiger partial charge on any atom is -0.363 e. The van der Waals surface area contributed by atoms with Gasteiger partial charge in [-0.05, 0) is 54.4 Å². The molecule has 3 aromatic carbocycles. The van der Waals surface area contributed by atoms with Crippen LogP contribution in [-0.4, -0.2) is 15.7 Å². The number of alkyl halides is 6. The second-order valence-electron chi connectivity index (χ2n) is 9.22. The molecule has 0 fully saturated rings. The molecule has 0 radical (unpaired) electrons. The van der Waals surface area contributed by atoms with Crippen LogP contribution in [0.5, 0.6) is 0 Å². The molecule has 0 bridgehead atoms. The Kier molecular flexibility index (Phi) is 6.99. The van der Waals surface area contributed by atoms with Crippen molar-refractivity contribution in [3.05, 3.63) is 124 Å². The van der Waals surface area contributed by atoms with Gasteiger partial charge in [0.1, 0.15) is 5.82 Å². The van der Waals surface area contributed by atoms with E-state index in [-0.39, 0.29) is 24.0 Å². The van der Waals surface area contributed by atoms with Crippen LogP contribution in [0, 0.1) is 12.7 Å². The zero-order valence-corrected chi connectivity index (χ0v) is 20.8. The first-order valence-corrected chi connectivity index (χ1v) is 12.0. The predicted octanol–water partition coefficient (Wildman–Crippen LogP) is 8.13. The third-order valence-electron chi connectivity index (χ3n) is 6.37. The number of nitrogens with zero attached hydrogens (tertiary/aromatic N) is 3. The van der Waals surface area contributed by atoms with Crippen LogP contribution < -0.4 is 0 Å². The fraction of sp³-hybridized carbons (Fsp3) is 0.172. The molecule has 1 aliphatic heterocycles. The van der Waals surface area contributed by atoms with E-state index in [1.54, 1.807) is 36.4 Å². The fourth-order valence-corrected chi connectivity index (χ4v) is 4.52. The van der Waals surface area contributed by atoms with E-state index in [2.05, 4.69) is 10.1 Å². The summed E-state index contributed by atoms with van der Waals surface area (Å²) in [4.78, 5) is 11.1. The van der Waals surface area contributed by atoms with Gasteiger partial charge in [0.15, 0.2) is 5.84 Å². The lowest BCUT2D eigenvalue weighted by molar-refractivity contribution is -0.143. The smallest absolute Gasteiger partial charge is 0.363 e. The Balaban J connectivity index is 1.64. The van der Waals surface area contributed by atoms with Gasteiger partial charge in [-0.1, -0.05) is 47.1 Å². The van der Waals surface area contributed by atoms with E-state index in [9.17, 15) is 30.7 Å². The van der Waals surface area contributed by atoms with Gasteiger partial charge in [-0.3, -0.25) is 4.98 Å². The Hall–Kier alpha value is -4.41. The Labute approximate surface area is 224 Å². The van der Waals surface area contributed by atoms with E-state index in [1.165, 1.54) is 29.4 Å². The van der Waals surface area contributed by atoms with Crippen molar-refractivity contribution in [2.75, 3.05) is 0 Å². The van der Waals surface area contributed by atoms with Crippen molar-refractivity contribution < 1.29 is 35.6 Å². The van der Waals surface area contributed by atoms with E-state index >= 15 is 0 Å². The summed E-state index contributed by atoms with van der Waals surface area (Å²) >= 11 is 0. The topological polar surface area (TPSA) is 37.7 Å². The second-order valence-corrected chi connectivity index (χ2v) is 9.22. The van der Waals surface area contributed by atoms with Gasteiger partial charge >= 0.3 is 12.4 Å². The van der Waals surface area contributed by atoms with E-state index in [4.69, 9.17) is 4.84 Å². The molecule has 0 aliphatic carbocycles. The average molecular weight is 559 g/mol. The number of amidine groups is 1. The molecule has 1 aromatic heterocycles. The van der Waals surface area contributed by atoms with Crippen LogP contribution in [0.15, 0.2) is 90.3 Å². The molecule has 40 heavy (non-hydrogen) atoms. The van der Waals surface area contributed by atoms with Crippen molar-refractivity contribution in [2.24, 2.45) is 5.16 Å². The van der Waals surface area contributed by atoms with Gasteiger partial charge in [-0.25, -0.2) is 4.39 Å². The maximum Gasteiger partial charge on any atom is 0.416 e. The van der Waals surface area contributed by atoms with Crippen LogP contribution in [0.1, 0.15) is 39.6 Å². The summed E-state index contributed by atoms with van der Waals surface area (Å²) in [7, 11) is 0. The fourth-order valence-electron chi connectivity index (χ4n) is 4.52. The lowest BCUT2D eigenvalue weighted by atomic mass is 9.99. The molecule has 1 unspecified atom stereocenters. The van der Waals surface area contributed by atoms with E-state index in [0.29, 0.717) is 28.8 Å². The van der Waals surface area contributed by atoms with Gasteiger partial charge in [0.25, 0.3) is 0 Å². The van der Waals surface area contributed by atoms with Crippen LogP contribution in [-0.2, 0) is 23.7 Å². The van der Waals surface area contributed by atoms with Gasteiger partial charge < -0.3 is 9.74 Å². The second kappa shape index (κ2) is 10.3. The molecule has 11 heteroatoms. The van der Waals surface area contributed by atoms with Crippen LogP contribution in [0.25, 0.3) is 11.1 Å². The summed E-state index contributed by atoms with van der Waals surface area (Å²) in [5, 5.41) is 4.07. The van der Waals surface area contributed by atoms with Gasteiger partial charge in [0.05, 0.1) is 17.7 Å². The predicted molar refractivity (Wildman–Crippen MR) is 133 cm³/mol. The van der Waals surface area contributed by atoms with Crippen LogP contribution >= 0.6 is 0 Å². The highest BCUT2D eigenvalue weighted by atomic mass is 19.4. The van der Waals surface area contributed by atoms with Crippen molar-refractivity contribution in [3.8, 4) is 11.1 Å². The molecule has 0 saturated heterocycles. The van der Waals surface area contributed by atoms with Crippen LogP contribution in [0.3, 0.4) is 0 Å². The van der Waals surface area contributed by atoms with Gasteiger partial charge in [-0.2, -0.15) is 26.3 Å². The van der Waals surface area contributed by atoms with Crippen LogP contribution in [0.2, 0.25) is 0 Å². The molecular formula is C29H20F7N3O. The molecule has 1 atom stereocenters. The third kappa shape index (κ3) is 5.49. The number of halogens is 7.